The fraction of sp³-hybridized carbons (Fsp3) is 0.438. The maximum absolute atomic E-state index is 13.1. The molecule has 0 aromatic carbocycles. The summed E-state index contributed by atoms with van der Waals surface area (Å²) in [5, 5.41) is 4.80. The summed E-state index contributed by atoms with van der Waals surface area (Å²) in [7, 11) is -2.36. The van der Waals surface area contributed by atoms with Gasteiger partial charge in [0.25, 0.3) is 0 Å². The van der Waals surface area contributed by atoms with Gasteiger partial charge < -0.3 is 14.6 Å². The fourth-order valence-corrected chi connectivity index (χ4v) is 5.24. The van der Waals surface area contributed by atoms with Gasteiger partial charge in [0.05, 0.1) is 6.61 Å². The smallest absolute Gasteiger partial charge is 0.354 e. The molecule has 1 atom stereocenters. The summed E-state index contributed by atoms with van der Waals surface area (Å²) in [6.07, 6.45) is 3.92. The van der Waals surface area contributed by atoms with Crippen molar-refractivity contribution in [2.75, 3.05) is 18.5 Å². The minimum absolute atomic E-state index is 0.0398. The van der Waals surface area contributed by atoms with E-state index in [0.717, 1.165) is 0 Å². The topological polar surface area (TPSA) is 111 Å². The number of esters is 1. The Balaban J connectivity index is 1.84. The molecule has 1 fully saturated rings. The number of anilines is 1. The number of amides is 1. The van der Waals surface area contributed by atoms with Gasteiger partial charge in [0.1, 0.15) is 16.6 Å². The molecular formula is C16H20N4O5S2. The first-order valence-electron chi connectivity index (χ1n) is 8.40. The number of sulfonamides is 1. The maximum Gasteiger partial charge on any atom is 0.354 e. The first kappa shape index (κ1) is 19.5. The minimum Gasteiger partial charge on any atom is -0.461 e. The number of carbonyl (C=O) groups is 2. The number of hydrogen-bond acceptors (Lipinski definition) is 7. The molecule has 3 heterocycles. The third kappa shape index (κ3) is 3.89. The molecule has 11 heteroatoms. The highest BCUT2D eigenvalue weighted by atomic mass is 32.2. The molecule has 0 radical (unpaired) electrons. The molecule has 1 saturated heterocycles. The number of rotatable bonds is 6. The molecule has 0 unspecified atom stereocenters. The zero-order chi connectivity index (χ0) is 19.6. The van der Waals surface area contributed by atoms with Crippen molar-refractivity contribution >= 4 is 38.4 Å². The van der Waals surface area contributed by atoms with E-state index in [0.29, 0.717) is 18.0 Å². The highest BCUT2D eigenvalue weighted by Gasteiger charge is 2.40. The van der Waals surface area contributed by atoms with Gasteiger partial charge in [0.2, 0.25) is 15.9 Å². The molecule has 2 aromatic heterocycles. The molecule has 1 N–H and O–H groups in total. The Morgan fingerprint density at radius 3 is 2.89 bits per heavy atom. The third-order valence-corrected chi connectivity index (χ3v) is 6.80. The highest BCUT2D eigenvalue weighted by molar-refractivity contribution is 7.89. The monoisotopic (exact) mass is 412 g/mol. The summed E-state index contributed by atoms with van der Waals surface area (Å²) < 4.78 is 33.7. The van der Waals surface area contributed by atoms with Crippen LogP contribution in [-0.2, 0) is 26.6 Å². The molecule has 2 aromatic rings. The Labute approximate surface area is 161 Å². The van der Waals surface area contributed by atoms with Crippen LogP contribution in [0.15, 0.2) is 28.7 Å². The van der Waals surface area contributed by atoms with Crippen molar-refractivity contribution in [3.8, 4) is 0 Å². The summed E-state index contributed by atoms with van der Waals surface area (Å²) >= 11 is 1.26. The lowest BCUT2D eigenvalue weighted by Gasteiger charge is -2.22. The van der Waals surface area contributed by atoms with Crippen LogP contribution in [0.2, 0.25) is 0 Å². The van der Waals surface area contributed by atoms with Crippen molar-refractivity contribution in [2.24, 2.45) is 7.05 Å². The number of thiazole rings is 1. The van der Waals surface area contributed by atoms with Crippen LogP contribution in [0.3, 0.4) is 0 Å². The molecule has 0 spiro atoms. The third-order valence-electron chi connectivity index (χ3n) is 4.24. The molecule has 1 amide bonds. The number of carbonyl (C=O) groups excluding carboxylic acids is 2. The van der Waals surface area contributed by atoms with Gasteiger partial charge in [0.15, 0.2) is 5.13 Å². The van der Waals surface area contributed by atoms with Gasteiger partial charge in [-0.1, -0.05) is 0 Å². The van der Waals surface area contributed by atoms with Crippen molar-refractivity contribution in [1.29, 1.82) is 0 Å². The lowest BCUT2D eigenvalue weighted by Crippen LogP contribution is -2.43. The van der Waals surface area contributed by atoms with Crippen LogP contribution in [0.1, 0.15) is 30.3 Å². The Hall–Kier alpha value is -2.24. The van der Waals surface area contributed by atoms with Gasteiger partial charge in [-0.05, 0) is 25.8 Å². The van der Waals surface area contributed by atoms with Crippen LogP contribution in [-0.4, -0.2) is 53.3 Å². The van der Waals surface area contributed by atoms with E-state index >= 15 is 0 Å². The number of nitrogens with zero attached hydrogens (tertiary/aromatic N) is 3. The van der Waals surface area contributed by atoms with Crippen molar-refractivity contribution in [1.82, 2.24) is 13.9 Å². The summed E-state index contributed by atoms with van der Waals surface area (Å²) in [5.74, 6) is -1.01. The van der Waals surface area contributed by atoms with Crippen molar-refractivity contribution in [2.45, 2.75) is 30.7 Å². The van der Waals surface area contributed by atoms with Crippen molar-refractivity contribution in [3.63, 3.8) is 0 Å². The Morgan fingerprint density at radius 1 is 1.44 bits per heavy atom. The molecule has 3 rings (SSSR count). The fourth-order valence-electron chi connectivity index (χ4n) is 2.98. The lowest BCUT2D eigenvalue weighted by atomic mass is 10.2. The molecule has 0 aliphatic carbocycles. The SMILES string of the molecule is CCOC(=O)c1cc(S(=O)(=O)N2CCC[C@@H]2C(=O)Nc2nccs2)cn1C. The molecule has 9 nitrogen and oxygen atoms in total. The summed E-state index contributed by atoms with van der Waals surface area (Å²) in [6, 6.07) is 0.465. The normalized spacial score (nSPS) is 17.8. The van der Waals surface area contributed by atoms with Crippen LogP contribution in [0.25, 0.3) is 0 Å². The molecule has 27 heavy (non-hydrogen) atoms. The van der Waals surface area contributed by atoms with Crippen LogP contribution in [0, 0.1) is 0 Å². The molecule has 0 saturated carbocycles. The molecule has 146 valence electrons. The number of aryl methyl sites for hydroxylation is 1. The zero-order valence-corrected chi connectivity index (χ0v) is 16.5. The Kier molecular flexibility index (Phi) is 5.63. The molecule has 1 aliphatic heterocycles. The number of nitrogens with one attached hydrogen (secondary N) is 1. The van der Waals surface area contributed by atoms with E-state index in [-0.39, 0.29) is 23.7 Å². The second-order valence-electron chi connectivity index (χ2n) is 5.99. The average molecular weight is 412 g/mol. The summed E-state index contributed by atoms with van der Waals surface area (Å²) in [4.78, 5) is 28.4. The standard InChI is InChI=1S/C16H20N4O5S2/c1-3-25-15(22)13-9-11(10-19(13)2)27(23,24)20-7-4-5-12(20)14(21)18-16-17-6-8-26-16/h6,8-10,12H,3-5,7H2,1-2H3,(H,17,18,21)/t12-/m1/s1. The van der Waals surface area contributed by atoms with Gasteiger partial charge in [-0.3, -0.25) is 4.79 Å². The van der Waals surface area contributed by atoms with E-state index < -0.39 is 27.9 Å². The molecule has 0 bridgehead atoms. The highest BCUT2D eigenvalue weighted by Crippen LogP contribution is 2.28. The summed E-state index contributed by atoms with van der Waals surface area (Å²) in [6.45, 7) is 2.10. The van der Waals surface area contributed by atoms with Crippen LogP contribution >= 0.6 is 11.3 Å². The number of ether oxygens (including phenoxy) is 1. The lowest BCUT2D eigenvalue weighted by molar-refractivity contribution is -0.119. The predicted molar refractivity (Wildman–Crippen MR) is 99.0 cm³/mol. The number of hydrogen-bond donors (Lipinski definition) is 1. The maximum atomic E-state index is 13.1. The van der Waals surface area contributed by atoms with E-state index in [1.807, 2.05) is 0 Å². The van der Waals surface area contributed by atoms with Crippen molar-refractivity contribution < 1.29 is 22.7 Å². The second-order valence-corrected chi connectivity index (χ2v) is 8.78. The van der Waals surface area contributed by atoms with Gasteiger partial charge in [-0.25, -0.2) is 18.2 Å². The van der Waals surface area contributed by atoms with Gasteiger partial charge in [-0.2, -0.15) is 4.31 Å². The van der Waals surface area contributed by atoms with Crippen LogP contribution < -0.4 is 5.32 Å². The van der Waals surface area contributed by atoms with Gasteiger partial charge >= 0.3 is 5.97 Å². The Morgan fingerprint density at radius 2 is 2.22 bits per heavy atom. The predicted octanol–water partition coefficient (Wildman–Crippen LogP) is 1.45. The van der Waals surface area contributed by atoms with Crippen LogP contribution in [0.4, 0.5) is 5.13 Å². The first-order chi connectivity index (χ1) is 12.8. The molecule has 1 aliphatic rings. The van der Waals surface area contributed by atoms with Gasteiger partial charge in [-0.15, -0.1) is 11.3 Å². The Bertz CT molecular complexity index is 936. The van der Waals surface area contributed by atoms with E-state index in [1.54, 1.807) is 25.5 Å². The quantitative estimate of drug-likeness (QED) is 0.719. The minimum atomic E-state index is -3.94. The largest absolute Gasteiger partial charge is 0.461 e. The second kappa shape index (κ2) is 7.79. The average Bonchev–Trinajstić information content (AvgIpc) is 3.35. The van der Waals surface area contributed by atoms with E-state index in [4.69, 9.17) is 4.74 Å². The zero-order valence-electron chi connectivity index (χ0n) is 14.9. The van der Waals surface area contributed by atoms with E-state index in [2.05, 4.69) is 10.3 Å². The van der Waals surface area contributed by atoms with Crippen molar-refractivity contribution in [3.05, 3.63) is 29.5 Å². The first-order valence-corrected chi connectivity index (χ1v) is 10.7. The van der Waals surface area contributed by atoms with E-state index in [9.17, 15) is 18.0 Å². The summed E-state index contributed by atoms with van der Waals surface area (Å²) in [5.41, 5.74) is 0.137. The number of aromatic nitrogens is 2. The molecular weight excluding hydrogens is 392 g/mol. The van der Waals surface area contributed by atoms with Gasteiger partial charge in [0, 0.05) is 31.4 Å². The van der Waals surface area contributed by atoms with E-state index in [1.165, 1.54) is 32.5 Å². The van der Waals surface area contributed by atoms with Crippen LogP contribution in [0.5, 0.6) is 0 Å².